The van der Waals surface area contributed by atoms with Crippen LogP contribution in [0.3, 0.4) is 0 Å². The first-order chi connectivity index (χ1) is 51.8. The molecule has 0 saturated carbocycles. The van der Waals surface area contributed by atoms with Gasteiger partial charge in [0, 0.05) is 25.7 Å². The number of carbonyl (C=O) groups excluding carboxylic acids is 4. The molecule has 0 aromatic rings. The van der Waals surface area contributed by atoms with Crippen molar-refractivity contribution in [3.8, 4) is 0 Å². The second-order valence-corrected chi connectivity index (χ2v) is 35.7. The molecule has 0 heterocycles. The minimum atomic E-state index is -4.97. The number of unbranched alkanes of at least 4 members (excludes halogenated alkanes) is 53. The Morgan fingerprint density at radius 1 is 0.271 bits per heavy atom. The summed E-state index contributed by atoms with van der Waals surface area (Å²) in [4.78, 5) is 73.3. The summed E-state index contributed by atoms with van der Waals surface area (Å²) in [7, 11) is -9.93. The topological polar surface area (TPSA) is 237 Å². The highest BCUT2D eigenvalue weighted by Gasteiger charge is 2.31. The first-order valence-corrected chi connectivity index (χ1v) is 48.4. The lowest BCUT2D eigenvalue weighted by Gasteiger charge is -2.21. The van der Waals surface area contributed by atoms with Crippen molar-refractivity contribution in [2.24, 2.45) is 17.8 Å². The highest BCUT2D eigenvalue weighted by molar-refractivity contribution is 7.47. The molecule has 0 spiro atoms. The highest BCUT2D eigenvalue weighted by Crippen LogP contribution is 2.45. The number of rotatable bonds is 86. The fourth-order valence-corrected chi connectivity index (χ4v) is 15.3. The van der Waals surface area contributed by atoms with E-state index in [0.29, 0.717) is 25.7 Å². The Hall–Kier alpha value is -1.94. The Kier molecular flexibility index (Phi) is 76.6. The molecule has 0 saturated heterocycles. The molecule has 0 radical (unpaired) electrons. The average molecular weight is 1560 g/mol. The van der Waals surface area contributed by atoms with Gasteiger partial charge in [0.2, 0.25) is 0 Å². The van der Waals surface area contributed by atoms with E-state index in [4.69, 9.17) is 37.0 Å². The van der Waals surface area contributed by atoms with E-state index in [1.165, 1.54) is 276 Å². The van der Waals surface area contributed by atoms with E-state index >= 15 is 0 Å². The zero-order valence-corrected chi connectivity index (χ0v) is 72.4. The fraction of sp³-hybridized carbons (Fsp3) is 0.955. The molecule has 3 unspecified atom stereocenters. The zero-order chi connectivity index (χ0) is 78.6. The summed E-state index contributed by atoms with van der Waals surface area (Å²) >= 11 is 0. The van der Waals surface area contributed by atoms with E-state index in [2.05, 4.69) is 48.5 Å². The minimum absolute atomic E-state index is 0.106. The molecule has 17 nitrogen and oxygen atoms in total. The Balaban J connectivity index is 5.23. The van der Waals surface area contributed by atoms with Crippen molar-refractivity contribution < 1.29 is 80.2 Å². The van der Waals surface area contributed by atoms with Crippen LogP contribution in [0.2, 0.25) is 0 Å². The van der Waals surface area contributed by atoms with Crippen molar-refractivity contribution in [3.63, 3.8) is 0 Å². The SMILES string of the molecule is CCCCCCCCCCCCCCCCCCCCCCC(=O)OC[C@H](COP(=O)(O)OC[C@@H](O)COP(=O)(O)OC[C@@H](COC(=O)CCCCCCCCCCCC(C)C)OC(=O)CCCCCCCCCCCCC(C)C)OC(=O)CCCCCCCCCCCCCCCCCCCCC(C)CC. The summed E-state index contributed by atoms with van der Waals surface area (Å²) in [6.45, 7) is 12.0. The second kappa shape index (κ2) is 78.0. The molecule has 0 aliphatic heterocycles. The summed E-state index contributed by atoms with van der Waals surface area (Å²) < 4.78 is 68.9. The third-order valence-corrected chi connectivity index (χ3v) is 22.9. The lowest BCUT2D eigenvalue weighted by molar-refractivity contribution is -0.161. The van der Waals surface area contributed by atoms with Crippen molar-refractivity contribution in [2.45, 2.75) is 484 Å². The third-order valence-electron chi connectivity index (χ3n) is 21.0. The predicted molar refractivity (Wildman–Crippen MR) is 441 cm³/mol. The van der Waals surface area contributed by atoms with Crippen LogP contribution in [0.25, 0.3) is 0 Å². The van der Waals surface area contributed by atoms with Crippen LogP contribution in [0.15, 0.2) is 0 Å². The van der Waals surface area contributed by atoms with Crippen LogP contribution in [0.4, 0.5) is 0 Å². The lowest BCUT2D eigenvalue weighted by atomic mass is 9.99. The molecular formula is C88H172O17P2. The molecule has 0 aliphatic carbocycles. The number of esters is 4. The number of hydrogen-bond acceptors (Lipinski definition) is 15. The third kappa shape index (κ3) is 80.5. The molecule has 0 rings (SSSR count). The number of aliphatic hydroxyl groups is 1. The van der Waals surface area contributed by atoms with E-state index in [-0.39, 0.29) is 25.7 Å². The van der Waals surface area contributed by atoms with E-state index < -0.39 is 97.5 Å². The molecule has 0 aliphatic rings. The van der Waals surface area contributed by atoms with Gasteiger partial charge in [0.05, 0.1) is 26.4 Å². The maximum atomic E-state index is 13.2. The molecule has 0 bridgehead atoms. The van der Waals surface area contributed by atoms with Crippen molar-refractivity contribution in [2.75, 3.05) is 39.6 Å². The van der Waals surface area contributed by atoms with Gasteiger partial charge < -0.3 is 33.8 Å². The Morgan fingerprint density at radius 2 is 0.477 bits per heavy atom. The Labute approximate surface area is 658 Å². The van der Waals surface area contributed by atoms with Crippen LogP contribution in [-0.2, 0) is 65.4 Å². The summed E-state index contributed by atoms with van der Waals surface area (Å²) in [5, 5.41) is 10.7. The van der Waals surface area contributed by atoms with Crippen LogP contribution in [0.1, 0.15) is 466 Å². The molecule has 0 amide bonds. The number of carbonyl (C=O) groups is 4. The van der Waals surface area contributed by atoms with Gasteiger partial charge in [-0.2, -0.15) is 0 Å². The molecule has 3 N–H and O–H groups in total. The van der Waals surface area contributed by atoms with E-state index in [0.717, 1.165) is 108 Å². The van der Waals surface area contributed by atoms with Gasteiger partial charge in [0.1, 0.15) is 19.3 Å². The lowest BCUT2D eigenvalue weighted by Crippen LogP contribution is -2.30. The molecule has 0 aromatic carbocycles. The number of phosphoric ester groups is 2. The summed E-state index contributed by atoms with van der Waals surface area (Å²) in [6, 6.07) is 0. The smallest absolute Gasteiger partial charge is 0.462 e. The predicted octanol–water partition coefficient (Wildman–Crippen LogP) is 26.9. The van der Waals surface area contributed by atoms with Gasteiger partial charge in [0.25, 0.3) is 0 Å². The molecular weight excluding hydrogens is 1390 g/mol. The molecule has 0 fully saturated rings. The Bertz CT molecular complexity index is 2060. The monoisotopic (exact) mass is 1560 g/mol. The Morgan fingerprint density at radius 3 is 0.710 bits per heavy atom. The van der Waals surface area contributed by atoms with Crippen molar-refractivity contribution in [3.05, 3.63) is 0 Å². The maximum Gasteiger partial charge on any atom is 0.472 e. The quantitative estimate of drug-likeness (QED) is 0.0222. The maximum absolute atomic E-state index is 13.2. The molecule has 636 valence electrons. The van der Waals surface area contributed by atoms with E-state index in [9.17, 15) is 43.2 Å². The summed E-state index contributed by atoms with van der Waals surface area (Å²) in [6.07, 6.45) is 69.5. The van der Waals surface area contributed by atoms with Gasteiger partial charge in [-0.3, -0.25) is 37.3 Å². The van der Waals surface area contributed by atoms with E-state index in [1.807, 2.05) is 0 Å². The van der Waals surface area contributed by atoms with Gasteiger partial charge in [-0.25, -0.2) is 9.13 Å². The van der Waals surface area contributed by atoms with Crippen LogP contribution in [0.5, 0.6) is 0 Å². The highest BCUT2D eigenvalue weighted by atomic mass is 31.2. The largest absolute Gasteiger partial charge is 0.472 e. The van der Waals surface area contributed by atoms with Crippen LogP contribution in [-0.4, -0.2) is 96.7 Å². The zero-order valence-electron chi connectivity index (χ0n) is 70.6. The van der Waals surface area contributed by atoms with Gasteiger partial charge in [-0.15, -0.1) is 0 Å². The van der Waals surface area contributed by atoms with Crippen molar-refractivity contribution in [1.29, 1.82) is 0 Å². The molecule has 19 heteroatoms. The summed E-state index contributed by atoms with van der Waals surface area (Å²) in [5.41, 5.74) is 0. The number of phosphoric acid groups is 2. The van der Waals surface area contributed by atoms with Gasteiger partial charge >= 0.3 is 39.5 Å². The number of ether oxygens (including phenoxy) is 4. The van der Waals surface area contributed by atoms with Gasteiger partial charge in [-0.1, -0.05) is 414 Å². The van der Waals surface area contributed by atoms with Crippen molar-refractivity contribution >= 4 is 39.5 Å². The normalized spacial score (nSPS) is 14.1. The molecule has 6 atom stereocenters. The van der Waals surface area contributed by atoms with Crippen LogP contribution >= 0.6 is 15.6 Å². The van der Waals surface area contributed by atoms with Crippen molar-refractivity contribution in [1.82, 2.24) is 0 Å². The molecule has 107 heavy (non-hydrogen) atoms. The standard InChI is InChI=1S/C88H172O17P2/c1-8-10-11-12-13-14-15-16-17-18-19-20-24-27-30-33-41-48-55-62-69-85(90)98-75-83(104-87(92)71-64-57-50-42-34-31-28-25-22-21-23-26-29-32-40-47-54-61-68-81(7)9-2)77-102-106(94,95)100-73-82(89)74-101-107(96,97)103-78-84(76-99-86(91)70-63-56-49-44-37-39-46-53-60-67-80(5)6)105-88(93)72-65-58-51-43-36-35-38-45-52-59-66-79(3)4/h79-84,89H,8-78H2,1-7H3,(H,94,95)(H,96,97)/t81?,82-,83-,84-/m1/s1. The fourth-order valence-electron chi connectivity index (χ4n) is 13.7. The van der Waals surface area contributed by atoms with E-state index in [1.54, 1.807) is 0 Å². The average Bonchev–Trinajstić information content (AvgIpc) is 0.904. The second-order valence-electron chi connectivity index (χ2n) is 32.8. The first-order valence-electron chi connectivity index (χ1n) is 45.4. The number of hydrogen-bond donors (Lipinski definition) is 3. The van der Waals surface area contributed by atoms with Gasteiger partial charge in [0.15, 0.2) is 12.2 Å². The first kappa shape index (κ1) is 105. The minimum Gasteiger partial charge on any atom is -0.462 e. The van der Waals surface area contributed by atoms with Crippen LogP contribution < -0.4 is 0 Å². The van der Waals surface area contributed by atoms with Gasteiger partial charge in [-0.05, 0) is 43.4 Å². The number of aliphatic hydroxyl groups excluding tert-OH is 1. The molecule has 0 aromatic heterocycles. The summed E-state index contributed by atoms with van der Waals surface area (Å²) in [5.74, 6) is 0.263. The van der Waals surface area contributed by atoms with Crippen LogP contribution in [0, 0.1) is 17.8 Å².